The largest absolute Gasteiger partial charge is 0.496 e. The van der Waals surface area contributed by atoms with Crippen LogP contribution in [0.2, 0.25) is 0 Å². The Kier molecular flexibility index (Phi) is 3.01. The molecule has 1 aliphatic carbocycles. The predicted molar refractivity (Wildman–Crippen MR) is 61.8 cm³/mol. The number of nitrogens with zero attached hydrogens (tertiary/aromatic N) is 1. The van der Waals surface area contributed by atoms with Gasteiger partial charge in [-0.15, -0.1) is 0 Å². The molecule has 4 nitrogen and oxygen atoms in total. The highest BCUT2D eigenvalue weighted by Crippen LogP contribution is 2.36. The van der Waals surface area contributed by atoms with Gasteiger partial charge in [0.1, 0.15) is 5.75 Å². The summed E-state index contributed by atoms with van der Waals surface area (Å²) in [7, 11) is 3.25. The number of ether oxygens (including phenoxy) is 2. The number of hydrogen-bond acceptors (Lipinski definition) is 4. The minimum absolute atomic E-state index is 0.0675. The molecule has 0 bridgehead atoms. The lowest BCUT2D eigenvalue weighted by Gasteiger charge is -2.10. The molecule has 0 saturated heterocycles. The SMILES string of the molecule is COc1cc(CCC2(N)CC2)nc(OC)c1. The molecule has 1 aromatic rings. The van der Waals surface area contributed by atoms with Gasteiger partial charge in [-0.25, -0.2) is 4.98 Å². The van der Waals surface area contributed by atoms with Crippen molar-refractivity contribution < 1.29 is 9.47 Å². The van der Waals surface area contributed by atoms with E-state index in [4.69, 9.17) is 15.2 Å². The number of nitrogens with two attached hydrogens (primary N) is 1. The fourth-order valence-electron chi connectivity index (χ4n) is 1.67. The van der Waals surface area contributed by atoms with Gasteiger partial charge in [-0.05, 0) is 25.7 Å². The standard InChI is InChI=1S/C12H18N2O2/c1-15-10-7-9(14-11(8-10)16-2)3-4-12(13)5-6-12/h7-8H,3-6,13H2,1-2H3. The van der Waals surface area contributed by atoms with Crippen molar-refractivity contribution >= 4 is 0 Å². The molecule has 0 atom stereocenters. The molecule has 1 aromatic heterocycles. The topological polar surface area (TPSA) is 57.4 Å². The highest BCUT2D eigenvalue weighted by Gasteiger charge is 2.37. The highest BCUT2D eigenvalue weighted by molar-refractivity contribution is 5.30. The maximum atomic E-state index is 6.05. The zero-order chi connectivity index (χ0) is 11.6. The van der Waals surface area contributed by atoms with Crippen molar-refractivity contribution in [2.75, 3.05) is 14.2 Å². The first-order chi connectivity index (χ1) is 7.65. The van der Waals surface area contributed by atoms with E-state index in [1.807, 2.05) is 6.07 Å². The predicted octanol–water partition coefficient (Wildman–Crippen LogP) is 1.52. The van der Waals surface area contributed by atoms with Crippen LogP contribution in [-0.4, -0.2) is 24.7 Å². The fraction of sp³-hybridized carbons (Fsp3) is 0.583. The van der Waals surface area contributed by atoms with Crippen molar-refractivity contribution in [3.8, 4) is 11.6 Å². The zero-order valence-electron chi connectivity index (χ0n) is 9.82. The van der Waals surface area contributed by atoms with Crippen LogP contribution in [0.3, 0.4) is 0 Å². The van der Waals surface area contributed by atoms with Gasteiger partial charge in [0.2, 0.25) is 5.88 Å². The van der Waals surface area contributed by atoms with E-state index in [1.54, 1.807) is 20.3 Å². The van der Waals surface area contributed by atoms with Crippen LogP contribution in [0.4, 0.5) is 0 Å². The normalized spacial score (nSPS) is 16.9. The van der Waals surface area contributed by atoms with Gasteiger partial charge in [0.15, 0.2) is 0 Å². The molecule has 88 valence electrons. The summed E-state index contributed by atoms with van der Waals surface area (Å²) in [5, 5.41) is 0. The average molecular weight is 222 g/mol. The van der Waals surface area contributed by atoms with Gasteiger partial charge < -0.3 is 15.2 Å². The van der Waals surface area contributed by atoms with Crippen molar-refractivity contribution in [3.05, 3.63) is 17.8 Å². The number of hydrogen-bond donors (Lipinski definition) is 1. The molecule has 16 heavy (non-hydrogen) atoms. The fourth-order valence-corrected chi connectivity index (χ4v) is 1.67. The van der Waals surface area contributed by atoms with Crippen LogP contribution in [0.25, 0.3) is 0 Å². The summed E-state index contributed by atoms with van der Waals surface area (Å²) in [5.41, 5.74) is 7.09. The molecule has 0 unspecified atom stereocenters. The second kappa shape index (κ2) is 4.29. The van der Waals surface area contributed by atoms with Gasteiger partial charge in [0.05, 0.1) is 14.2 Å². The third-order valence-corrected chi connectivity index (χ3v) is 3.04. The molecule has 0 aromatic carbocycles. The molecule has 2 N–H and O–H groups in total. The summed E-state index contributed by atoms with van der Waals surface area (Å²) in [5.74, 6) is 1.37. The number of aromatic nitrogens is 1. The van der Waals surface area contributed by atoms with E-state index >= 15 is 0 Å². The Morgan fingerprint density at radius 2 is 2.06 bits per heavy atom. The van der Waals surface area contributed by atoms with Crippen LogP contribution in [0, 0.1) is 0 Å². The van der Waals surface area contributed by atoms with Crippen LogP contribution in [-0.2, 0) is 6.42 Å². The van der Waals surface area contributed by atoms with Crippen LogP contribution in [0.5, 0.6) is 11.6 Å². The van der Waals surface area contributed by atoms with Gasteiger partial charge in [-0.1, -0.05) is 0 Å². The lowest BCUT2D eigenvalue weighted by molar-refractivity contribution is 0.379. The maximum Gasteiger partial charge on any atom is 0.216 e. The molecule has 0 amide bonds. The molecular formula is C12H18N2O2. The minimum atomic E-state index is 0.0675. The molecule has 2 rings (SSSR count). The molecule has 1 fully saturated rings. The zero-order valence-corrected chi connectivity index (χ0v) is 9.82. The summed E-state index contributed by atoms with van der Waals surface area (Å²) in [4.78, 5) is 4.37. The second-order valence-electron chi connectivity index (χ2n) is 4.40. The number of aryl methyl sites for hydroxylation is 1. The first kappa shape index (κ1) is 11.2. The lowest BCUT2D eigenvalue weighted by atomic mass is 10.1. The lowest BCUT2D eigenvalue weighted by Crippen LogP contribution is -2.22. The Balaban J connectivity index is 2.06. The molecular weight excluding hydrogens is 204 g/mol. The molecule has 0 spiro atoms. The molecule has 1 aliphatic rings. The van der Waals surface area contributed by atoms with Crippen LogP contribution < -0.4 is 15.2 Å². The maximum absolute atomic E-state index is 6.05. The third-order valence-electron chi connectivity index (χ3n) is 3.04. The van der Waals surface area contributed by atoms with E-state index in [9.17, 15) is 0 Å². The number of rotatable bonds is 5. The first-order valence-corrected chi connectivity index (χ1v) is 5.53. The summed E-state index contributed by atoms with van der Waals surface area (Å²) in [6.07, 6.45) is 4.13. The van der Waals surface area contributed by atoms with Gasteiger partial charge in [0, 0.05) is 23.4 Å². The number of methoxy groups -OCH3 is 2. The third kappa shape index (κ3) is 2.64. The van der Waals surface area contributed by atoms with Gasteiger partial charge in [0.25, 0.3) is 0 Å². The van der Waals surface area contributed by atoms with E-state index in [-0.39, 0.29) is 5.54 Å². The van der Waals surface area contributed by atoms with Crippen molar-refractivity contribution in [1.82, 2.24) is 4.98 Å². The van der Waals surface area contributed by atoms with Crippen LogP contribution in [0.1, 0.15) is 25.0 Å². The Morgan fingerprint density at radius 3 is 2.62 bits per heavy atom. The van der Waals surface area contributed by atoms with Crippen LogP contribution >= 0.6 is 0 Å². The average Bonchev–Trinajstić information content (AvgIpc) is 3.05. The minimum Gasteiger partial charge on any atom is -0.496 e. The summed E-state index contributed by atoms with van der Waals surface area (Å²) >= 11 is 0. The quantitative estimate of drug-likeness (QED) is 0.820. The van der Waals surface area contributed by atoms with Crippen molar-refractivity contribution in [3.63, 3.8) is 0 Å². The molecule has 0 radical (unpaired) electrons. The monoisotopic (exact) mass is 222 g/mol. The first-order valence-electron chi connectivity index (χ1n) is 5.53. The van der Waals surface area contributed by atoms with Crippen molar-refractivity contribution in [2.45, 2.75) is 31.2 Å². The van der Waals surface area contributed by atoms with Crippen molar-refractivity contribution in [1.29, 1.82) is 0 Å². The van der Waals surface area contributed by atoms with E-state index in [0.717, 1.165) is 37.1 Å². The highest BCUT2D eigenvalue weighted by atomic mass is 16.5. The Hall–Kier alpha value is -1.29. The molecule has 1 heterocycles. The molecule has 0 aliphatic heterocycles. The van der Waals surface area contributed by atoms with Gasteiger partial charge >= 0.3 is 0 Å². The van der Waals surface area contributed by atoms with E-state index in [0.29, 0.717) is 5.88 Å². The summed E-state index contributed by atoms with van der Waals surface area (Å²) in [6, 6.07) is 3.72. The summed E-state index contributed by atoms with van der Waals surface area (Å²) in [6.45, 7) is 0. The van der Waals surface area contributed by atoms with Crippen molar-refractivity contribution in [2.24, 2.45) is 5.73 Å². The van der Waals surface area contributed by atoms with Crippen LogP contribution in [0.15, 0.2) is 12.1 Å². The van der Waals surface area contributed by atoms with E-state index < -0.39 is 0 Å². The van der Waals surface area contributed by atoms with E-state index in [1.165, 1.54) is 0 Å². The molecule has 1 saturated carbocycles. The smallest absolute Gasteiger partial charge is 0.216 e. The second-order valence-corrected chi connectivity index (χ2v) is 4.40. The Bertz CT molecular complexity index is 353. The Labute approximate surface area is 95.8 Å². The molecule has 4 heteroatoms. The van der Waals surface area contributed by atoms with Gasteiger partial charge in [-0.3, -0.25) is 0 Å². The number of pyridine rings is 1. The Morgan fingerprint density at radius 1 is 1.31 bits per heavy atom. The van der Waals surface area contributed by atoms with Gasteiger partial charge in [-0.2, -0.15) is 0 Å². The summed E-state index contributed by atoms with van der Waals surface area (Å²) < 4.78 is 10.3. The van der Waals surface area contributed by atoms with E-state index in [2.05, 4.69) is 4.98 Å².